The van der Waals surface area contributed by atoms with Crippen molar-refractivity contribution in [3.63, 3.8) is 0 Å². The third-order valence-electron chi connectivity index (χ3n) is 6.37. The number of carboxylic acid groups (broad SMARTS) is 1. The van der Waals surface area contributed by atoms with E-state index in [2.05, 4.69) is 22.8 Å². The summed E-state index contributed by atoms with van der Waals surface area (Å²) in [6, 6.07) is 16.2. The highest BCUT2D eigenvalue weighted by Gasteiger charge is 2.40. The lowest BCUT2D eigenvalue weighted by molar-refractivity contribution is -0.157. The topological polar surface area (TPSA) is 114 Å². The lowest BCUT2D eigenvalue weighted by Crippen LogP contribution is -2.48. The number of carboxylic acids is 1. The zero-order chi connectivity index (χ0) is 23.3. The van der Waals surface area contributed by atoms with Crippen molar-refractivity contribution in [2.45, 2.75) is 25.2 Å². The number of amides is 2. The minimum atomic E-state index is -1.09. The minimum Gasteiger partial charge on any atom is -0.481 e. The lowest BCUT2D eigenvalue weighted by atomic mass is 9.82. The van der Waals surface area contributed by atoms with Crippen LogP contribution in [-0.4, -0.2) is 56.0 Å². The van der Waals surface area contributed by atoms with Crippen LogP contribution in [0, 0.1) is 5.41 Å². The lowest BCUT2D eigenvalue weighted by Gasteiger charge is -2.32. The maximum absolute atomic E-state index is 12.2. The van der Waals surface area contributed by atoms with Gasteiger partial charge in [-0.05, 0) is 35.1 Å². The first-order valence-electron chi connectivity index (χ1n) is 11.2. The Bertz CT molecular complexity index is 986. The largest absolute Gasteiger partial charge is 0.481 e. The molecule has 2 amide bonds. The first-order valence-corrected chi connectivity index (χ1v) is 11.2. The summed E-state index contributed by atoms with van der Waals surface area (Å²) in [6.45, 7) is 0.923. The predicted octanol–water partition coefficient (Wildman–Crippen LogP) is 2.91. The summed E-state index contributed by atoms with van der Waals surface area (Å²) >= 11 is 0. The smallest absolute Gasteiger partial charge is 0.407 e. The van der Waals surface area contributed by atoms with Gasteiger partial charge in [0.1, 0.15) is 12.0 Å². The molecule has 1 heterocycles. The summed E-state index contributed by atoms with van der Waals surface area (Å²) in [5.74, 6) is -1.34. The molecule has 1 fully saturated rings. The Hall–Kier alpha value is -3.39. The Morgan fingerprint density at radius 2 is 1.70 bits per heavy atom. The van der Waals surface area contributed by atoms with Gasteiger partial charge in [-0.1, -0.05) is 48.5 Å². The molecule has 4 rings (SSSR count). The van der Waals surface area contributed by atoms with E-state index in [4.69, 9.17) is 9.47 Å². The molecule has 8 heteroatoms. The highest BCUT2D eigenvalue weighted by atomic mass is 16.5. The van der Waals surface area contributed by atoms with E-state index in [-0.39, 0.29) is 44.5 Å². The first kappa shape index (κ1) is 22.8. The number of ether oxygens (including phenoxy) is 2. The van der Waals surface area contributed by atoms with Gasteiger partial charge in [0.05, 0.1) is 6.61 Å². The zero-order valence-corrected chi connectivity index (χ0v) is 18.3. The van der Waals surface area contributed by atoms with E-state index < -0.39 is 17.5 Å². The Balaban J connectivity index is 1.22. The van der Waals surface area contributed by atoms with Gasteiger partial charge in [0.25, 0.3) is 0 Å². The number of carbonyl (C=O) groups is 3. The number of hydrogen-bond donors (Lipinski definition) is 3. The van der Waals surface area contributed by atoms with Crippen molar-refractivity contribution in [1.29, 1.82) is 0 Å². The summed E-state index contributed by atoms with van der Waals surface area (Å²) in [5, 5.41) is 14.8. The molecule has 1 saturated heterocycles. The molecule has 0 radical (unpaired) electrons. The number of fused-ring (bicyclic) bond motifs is 3. The standard InChI is InChI=1S/C25H28N2O6/c28-22(27-15-25(23(29)30)11-5-13-32-16-25)10-12-26-24(31)33-14-21-19-8-3-1-6-17(19)18-7-2-4-9-20(18)21/h1-4,6-9,21H,5,10-16H2,(H,26,31)(H,27,28)(H,29,30). The van der Waals surface area contributed by atoms with Gasteiger partial charge >= 0.3 is 12.1 Å². The molecular weight excluding hydrogens is 424 g/mol. The molecular formula is C25H28N2O6. The van der Waals surface area contributed by atoms with Gasteiger partial charge in [0.2, 0.25) is 5.91 Å². The summed E-state index contributed by atoms with van der Waals surface area (Å²) < 4.78 is 10.7. The number of alkyl carbamates (subject to hydrolysis) is 1. The third-order valence-corrected chi connectivity index (χ3v) is 6.37. The number of rotatable bonds is 8. The fourth-order valence-corrected chi connectivity index (χ4v) is 4.52. The van der Waals surface area contributed by atoms with Crippen molar-refractivity contribution in [3.05, 3.63) is 59.7 Å². The van der Waals surface area contributed by atoms with E-state index in [1.807, 2.05) is 36.4 Å². The van der Waals surface area contributed by atoms with E-state index >= 15 is 0 Å². The maximum Gasteiger partial charge on any atom is 0.407 e. The number of hydrogen-bond acceptors (Lipinski definition) is 5. The van der Waals surface area contributed by atoms with Crippen molar-refractivity contribution < 1.29 is 29.0 Å². The molecule has 33 heavy (non-hydrogen) atoms. The quantitative estimate of drug-likeness (QED) is 0.568. The van der Waals surface area contributed by atoms with Gasteiger partial charge in [-0.25, -0.2) is 4.79 Å². The minimum absolute atomic E-state index is 0.00606. The normalized spacial score (nSPS) is 19.3. The Morgan fingerprint density at radius 1 is 1.03 bits per heavy atom. The van der Waals surface area contributed by atoms with Gasteiger partial charge in [0, 0.05) is 32.0 Å². The highest BCUT2D eigenvalue weighted by Crippen LogP contribution is 2.44. The molecule has 1 atom stereocenters. The summed E-state index contributed by atoms with van der Waals surface area (Å²) in [6.07, 6.45) is 0.541. The van der Waals surface area contributed by atoms with Crippen molar-refractivity contribution >= 4 is 18.0 Å². The van der Waals surface area contributed by atoms with E-state index in [1.165, 1.54) is 0 Å². The number of carbonyl (C=O) groups excluding carboxylic acids is 2. The average molecular weight is 453 g/mol. The molecule has 0 saturated carbocycles. The number of nitrogens with one attached hydrogen (secondary N) is 2. The van der Waals surface area contributed by atoms with Crippen LogP contribution in [0.15, 0.2) is 48.5 Å². The molecule has 0 spiro atoms. The third kappa shape index (κ3) is 5.01. The van der Waals surface area contributed by atoms with Gasteiger partial charge in [-0.15, -0.1) is 0 Å². The molecule has 3 N–H and O–H groups in total. The Kier molecular flexibility index (Phi) is 6.93. The second-order valence-electron chi connectivity index (χ2n) is 8.52. The molecule has 2 aromatic carbocycles. The SMILES string of the molecule is O=C(CCNC(=O)OCC1c2ccccc2-c2ccccc21)NCC1(C(=O)O)CCCOC1. The predicted molar refractivity (Wildman–Crippen MR) is 121 cm³/mol. The summed E-state index contributed by atoms with van der Waals surface area (Å²) in [4.78, 5) is 36.0. The second kappa shape index (κ2) is 10.0. The van der Waals surface area contributed by atoms with Gasteiger partial charge in [-0.2, -0.15) is 0 Å². The Labute approximate surface area is 192 Å². The van der Waals surface area contributed by atoms with E-state index in [1.54, 1.807) is 0 Å². The van der Waals surface area contributed by atoms with Crippen LogP contribution in [0.5, 0.6) is 0 Å². The molecule has 1 aliphatic heterocycles. The van der Waals surface area contributed by atoms with Crippen molar-refractivity contribution in [1.82, 2.24) is 10.6 Å². The van der Waals surface area contributed by atoms with Gasteiger partial charge in [0.15, 0.2) is 0 Å². The number of benzene rings is 2. The molecule has 2 aromatic rings. The van der Waals surface area contributed by atoms with Crippen LogP contribution in [0.25, 0.3) is 11.1 Å². The van der Waals surface area contributed by atoms with Crippen LogP contribution in [0.4, 0.5) is 4.79 Å². The fourth-order valence-electron chi connectivity index (χ4n) is 4.52. The maximum atomic E-state index is 12.2. The average Bonchev–Trinajstić information content (AvgIpc) is 3.16. The van der Waals surface area contributed by atoms with Crippen LogP contribution < -0.4 is 10.6 Å². The molecule has 1 unspecified atom stereocenters. The van der Waals surface area contributed by atoms with E-state index in [0.29, 0.717) is 19.4 Å². The highest BCUT2D eigenvalue weighted by molar-refractivity contribution is 5.80. The van der Waals surface area contributed by atoms with Crippen LogP contribution in [0.3, 0.4) is 0 Å². The number of aliphatic carboxylic acids is 1. The second-order valence-corrected chi connectivity index (χ2v) is 8.52. The summed E-state index contributed by atoms with van der Waals surface area (Å²) in [5.41, 5.74) is 3.48. The van der Waals surface area contributed by atoms with Crippen LogP contribution in [-0.2, 0) is 19.1 Å². The molecule has 0 aromatic heterocycles. The van der Waals surface area contributed by atoms with Crippen LogP contribution in [0.2, 0.25) is 0 Å². The van der Waals surface area contributed by atoms with Gasteiger partial charge in [-0.3, -0.25) is 9.59 Å². The molecule has 0 bridgehead atoms. The fraction of sp³-hybridized carbons (Fsp3) is 0.400. The van der Waals surface area contributed by atoms with Crippen LogP contribution in [0.1, 0.15) is 36.3 Å². The molecule has 1 aliphatic carbocycles. The van der Waals surface area contributed by atoms with Crippen molar-refractivity contribution in [3.8, 4) is 11.1 Å². The molecule has 2 aliphatic rings. The Morgan fingerprint density at radius 3 is 2.30 bits per heavy atom. The van der Waals surface area contributed by atoms with E-state index in [9.17, 15) is 19.5 Å². The van der Waals surface area contributed by atoms with Crippen molar-refractivity contribution in [2.24, 2.45) is 5.41 Å². The van der Waals surface area contributed by atoms with Crippen LogP contribution >= 0.6 is 0 Å². The monoisotopic (exact) mass is 452 g/mol. The molecule has 174 valence electrons. The van der Waals surface area contributed by atoms with Gasteiger partial charge < -0.3 is 25.2 Å². The van der Waals surface area contributed by atoms with E-state index in [0.717, 1.165) is 22.3 Å². The zero-order valence-electron chi connectivity index (χ0n) is 18.3. The first-order chi connectivity index (χ1) is 16.0. The summed E-state index contributed by atoms with van der Waals surface area (Å²) in [7, 11) is 0. The van der Waals surface area contributed by atoms with Crippen molar-refractivity contribution in [2.75, 3.05) is 32.9 Å². The molecule has 8 nitrogen and oxygen atoms in total.